The van der Waals surface area contributed by atoms with Crippen molar-refractivity contribution in [3.63, 3.8) is 0 Å². The van der Waals surface area contributed by atoms with E-state index in [0.29, 0.717) is 38.5 Å². The molecule has 0 saturated carbocycles. The second-order valence-electron chi connectivity index (χ2n) is 8.53. The Labute approximate surface area is 239 Å². The summed E-state index contributed by atoms with van der Waals surface area (Å²) in [6.45, 7) is 12.6. The van der Waals surface area contributed by atoms with Crippen LogP contribution < -0.4 is 43.8 Å². The summed E-state index contributed by atoms with van der Waals surface area (Å²) in [5.41, 5.74) is 13.3. The molecule has 1 aromatic carbocycles. The first-order valence-electron chi connectivity index (χ1n) is 12.8. The molecular weight excluding hydrogens is 545 g/mol. The maximum Gasteiger partial charge on any atom is 0.277 e. The Balaban J connectivity index is 0.00000533. The lowest BCUT2D eigenvalue weighted by Crippen LogP contribution is -3.00. The van der Waals surface area contributed by atoms with Gasteiger partial charge >= 0.3 is 0 Å². The van der Waals surface area contributed by atoms with Crippen LogP contribution in [-0.4, -0.2) is 64.0 Å². The highest BCUT2D eigenvalue weighted by Gasteiger charge is 2.25. The van der Waals surface area contributed by atoms with Gasteiger partial charge in [0.25, 0.3) is 11.7 Å². The van der Waals surface area contributed by atoms with Gasteiger partial charge in [0.1, 0.15) is 18.9 Å². The van der Waals surface area contributed by atoms with Crippen LogP contribution in [0.2, 0.25) is 5.15 Å². The van der Waals surface area contributed by atoms with E-state index in [4.69, 9.17) is 27.8 Å². The number of amides is 2. The number of benzene rings is 1. The van der Waals surface area contributed by atoms with Crippen molar-refractivity contribution in [3.05, 3.63) is 34.9 Å². The fraction of sp³-hybridized carbons (Fsp3) is 0.480. The van der Waals surface area contributed by atoms with E-state index in [-0.39, 0.29) is 47.3 Å². The summed E-state index contributed by atoms with van der Waals surface area (Å²) in [6, 6.07) is 5.87. The van der Waals surface area contributed by atoms with E-state index in [0.717, 1.165) is 29.9 Å². The number of carbonyl (C=O) groups is 2. The van der Waals surface area contributed by atoms with Crippen molar-refractivity contribution >= 4 is 46.1 Å². The van der Waals surface area contributed by atoms with Crippen LogP contribution in [0.5, 0.6) is 5.75 Å². The number of likely N-dealkylation sites (N-methyl/N-ethyl adjacent to an activating group) is 1. The molecule has 0 spiro atoms. The lowest BCUT2D eigenvalue weighted by molar-refractivity contribution is -0.676. The van der Waals surface area contributed by atoms with E-state index in [1.165, 1.54) is 0 Å². The monoisotopic (exact) mass is 581 g/mol. The van der Waals surface area contributed by atoms with Gasteiger partial charge in [0.15, 0.2) is 33.5 Å². The minimum Gasteiger partial charge on any atom is -1.00 e. The molecule has 0 fully saturated rings. The molecule has 214 valence electrons. The zero-order valence-corrected chi connectivity index (χ0v) is 24.3. The van der Waals surface area contributed by atoms with E-state index in [1.807, 2.05) is 45.9 Å². The Kier molecular flexibility index (Phi) is 12.0. The number of halogens is 2. The zero-order chi connectivity index (χ0) is 27.8. The summed E-state index contributed by atoms with van der Waals surface area (Å²) in [7, 11) is 0. The van der Waals surface area contributed by atoms with Gasteiger partial charge < -0.3 is 39.2 Å². The number of fused-ring (bicyclic) bond motifs is 1. The van der Waals surface area contributed by atoms with E-state index in [9.17, 15) is 9.59 Å². The maximum absolute atomic E-state index is 12.8. The summed E-state index contributed by atoms with van der Waals surface area (Å²) in [4.78, 5) is 34.8. The van der Waals surface area contributed by atoms with E-state index in [2.05, 4.69) is 34.6 Å². The summed E-state index contributed by atoms with van der Waals surface area (Å²) in [5.74, 6) is 0.954. The van der Waals surface area contributed by atoms with Crippen LogP contribution in [0.25, 0.3) is 11.0 Å². The van der Waals surface area contributed by atoms with Crippen molar-refractivity contribution < 1.29 is 31.3 Å². The number of anilines is 2. The molecule has 39 heavy (non-hydrogen) atoms. The average Bonchev–Trinajstić information content (AvgIpc) is 3.21. The van der Waals surface area contributed by atoms with Crippen LogP contribution in [0.1, 0.15) is 44.0 Å². The maximum atomic E-state index is 12.8. The molecule has 0 aliphatic rings. The fourth-order valence-corrected chi connectivity index (χ4v) is 4.40. The SMILES string of the molecule is CCN(CC)CC(=O)NCCOc1ccc2c(c1)n(CC)c(CNC(=O)c1nc(Cl)c(N)nc1N)[n+]2CC.[Cl-]. The van der Waals surface area contributed by atoms with Crippen molar-refractivity contribution in [1.82, 2.24) is 30.1 Å². The minimum atomic E-state index is -0.500. The number of aromatic nitrogens is 4. The van der Waals surface area contributed by atoms with Gasteiger partial charge in [-0.3, -0.25) is 14.5 Å². The van der Waals surface area contributed by atoms with Crippen LogP contribution in [0, 0.1) is 0 Å². The number of aryl methyl sites for hydroxylation is 2. The van der Waals surface area contributed by atoms with Gasteiger partial charge in [-0.15, -0.1) is 0 Å². The first kappa shape index (κ1) is 31.9. The Morgan fingerprint density at radius 1 is 1.10 bits per heavy atom. The first-order chi connectivity index (χ1) is 18.2. The predicted molar refractivity (Wildman–Crippen MR) is 147 cm³/mol. The number of imidazole rings is 1. The summed E-state index contributed by atoms with van der Waals surface area (Å²) in [5, 5.41) is 5.68. The molecule has 0 unspecified atom stereocenters. The van der Waals surface area contributed by atoms with Crippen LogP contribution >= 0.6 is 11.6 Å². The molecule has 2 amide bonds. The lowest BCUT2D eigenvalue weighted by Gasteiger charge is -2.17. The molecule has 2 aromatic heterocycles. The van der Waals surface area contributed by atoms with Crippen LogP contribution in [-0.2, 0) is 24.4 Å². The van der Waals surface area contributed by atoms with Gasteiger partial charge in [-0.05, 0) is 39.1 Å². The predicted octanol–water partition coefficient (Wildman–Crippen LogP) is -1.65. The van der Waals surface area contributed by atoms with Gasteiger partial charge in [-0.2, -0.15) is 0 Å². The molecule has 2 heterocycles. The van der Waals surface area contributed by atoms with Crippen LogP contribution in [0.4, 0.5) is 11.6 Å². The molecule has 0 radical (unpaired) electrons. The Morgan fingerprint density at radius 2 is 1.82 bits per heavy atom. The number of ether oxygens (including phenoxy) is 1. The highest BCUT2D eigenvalue weighted by atomic mass is 35.5. The highest BCUT2D eigenvalue weighted by Crippen LogP contribution is 2.22. The number of nitrogen functional groups attached to an aromatic ring is 2. The molecule has 3 aromatic rings. The fourth-order valence-electron chi connectivity index (χ4n) is 4.28. The summed E-state index contributed by atoms with van der Waals surface area (Å²) in [6.07, 6.45) is 0. The molecule has 6 N–H and O–H groups in total. The number of hydrogen-bond acceptors (Lipinski definition) is 8. The largest absolute Gasteiger partial charge is 1.00 e. The van der Waals surface area contributed by atoms with Gasteiger partial charge in [-0.1, -0.05) is 25.4 Å². The molecule has 0 atom stereocenters. The molecule has 3 rings (SSSR count). The smallest absolute Gasteiger partial charge is 0.277 e. The normalized spacial score (nSPS) is 10.9. The standard InChI is InChI=1S/C25H36ClN9O3.ClH/c1-5-33(6-2)15-19(36)29-11-12-38-16-9-10-17-18(13-16)35(8-4)20(34(17)7-3)14-30-25(37)21-23(27)32-24(28)22(26)31-21;/h9-10,13H,5-8,11-12,14-15H2,1-4H3,(H5-,27,28,29,30,32,36,37);1H. The molecular formula is C25H37Cl2N9O3. The topological polar surface area (TPSA) is 157 Å². The van der Waals surface area contributed by atoms with Crippen molar-refractivity contribution in [2.45, 2.75) is 47.3 Å². The third-order valence-corrected chi connectivity index (χ3v) is 6.54. The van der Waals surface area contributed by atoms with Gasteiger partial charge in [0.2, 0.25) is 5.91 Å². The number of nitrogens with one attached hydrogen (secondary N) is 2. The molecule has 0 saturated heterocycles. The Morgan fingerprint density at radius 3 is 2.46 bits per heavy atom. The molecule has 12 nitrogen and oxygen atoms in total. The molecule has 0 aliphatic heterocycles. The summed E-state index contributed by atoms with van der Waals surface area (Å²) >= 11 is 5.93. The van der Waals surface area contributed by atoms with Gasteiger partial charge in [-0.25, -0.2) is 19.1 Å². The lowest BCUT2D eigenvalue weighted by atomic mass is 10.3. The Hall–Kier alpha value is -3.35. The third-order valence-electron chi connectivity index (χ3n) is 6.27. The average molecular weight is 583 g/mol. The number of nitrogens with zero attached hydrogens (tertiary/aromatic N) is 5. The minimum absolute atomic E-state index is 0. The van der Waals surface area contributed by atoms with Crippen molar-refractivity contribution in [2.24, 2.45) is 0 Å². The number of hydrogen-bond donors (Lipinski definition) is 4. The van der Waals surface area contributed by atoms with Crippen molar-refractivity contribution in [3.8, 4) is 5.75 Å². The molecule has 0 aliphatic carbocycles. The van der Waals surface area contributed by atoms with E-state index >= 15 is 0 Å². The number of rotatable bonds is 13. The van der Waals surface area contributed by atoms with Crippen LogP contribution in [0.3, 0.4) is 0 Å². The summed E-state index contributed by atoms with van der Waals surface area (Å²) < 4.78 is 10.2. The van der Waals surface area contributed by atoms with Gasteiger partial charge in [0.05, 0.1) is 26.2 Å². The quantitative estimate of drug-likeness (QED) is 0.138. The van der Waals surface area contributed by atoms with Crippen LogP contribution in [0.15, 0.2) is 18.2 Å². The van der Waals surface area contributed by atoms with E-state index < -0.39 is 5.91 Å². The zero-order valence-electron chi connectivity index (χ0n) is 22.8. The molecule has 14 heteroatoms. The third kappa shape index (κ3) is 7.61. The van der Waals surface area contributed by atoms with Gasteiger partial charge in [0, 0.05) is 6.07 Å². The first-order valence-corrected chi connectivity index (χ1v) is 13.1. The Bertz CT molecular complexity index is 1300. The molecule has 0 bridgehead atoms. The van der Waals surface area contributed by atoms with Crippen molar-refractivity contribution in [1.29, 1.82) is 0 Å². The second-order valence-corrected chi connectivity index (χ2v) is 8.89. The number of carbonyl (C=O) groups excluding carboxylic acids is 2. The number of nitrogens with two attached hydrogens (primary N) is 2. The second kappa shape index (κ2) is 14.7. The highest BCUT2D eigenvalue weighted by molar-refractivity contribution is 6.31. The van der Waals surface area contributed by atoms with E-state index in [1.54, 1.807) is 0 Å². The van der Waals surface area contributed by atoms with Crippen molar-refractivity contribution in [2.75, 3.05) is 44.3 Å².